The third-order valence-corrected chi connectivity index (χ3v) is 11.6. The maximum Gasteiger partial charge on any atom is 0.286 e. The molecular weight excluding hydrogens is 569 g/mol. The maximum atomic E-state index is 13.2. The van der Waals surface area contributed by atoms with Crippen molar-refractivity contribution in [3.63, 3.8) is 0 Å². The predicted molar refractivity (Wildman–Crippen MR) is 147 cm³/mol. The molecule has 2 aromatic carbocycles. The van der Waals surface area contributed by atoms with E-state index in [0.717, 1.165) is 16.7 Å². The maximum absolute atomic E-state index is 13.2. The smallest absolute Gasteiger partial charge is 0.286 e. The number of nitrogens with zero attached hydrogens (tertiary/aromatic N) is 3. The lowest BCUT2D eigenvalue weighted by Crippen LogP contribution is -2.39. The van der Waals surface area contributed by atoms with Crippen LogP contribution in [0.1, 0.15) is 6.42 Å². The van der Waals surface area contributed by atoms with Crippen molar-refractivity contribution >= 4 is 52.7 Å². The molecule has 38 heavy (non-hydrogen) atoms. The van der Waals surface area contributed by atoms with Gasteiger partial charge in [0.25, 0.3) is 10.0 Å². The van der Waals surface area contributed by atoms with Crippen molar-refractivity contribution in [2.75, 3.05) is 44.3 Å². The largest absolute Gasteiger partial charge is 0.341 e. The Morgan fingerprint density at radius 3 is 2.47 bits per heavy atom. The predicted octanol–water partition coefficient (Wildman–Crippen LogP) is 2.73. The van der Waals surface area contributed by atoms with Crippen molar-refractivity contribution in [3.8, 4) is 10.4 Å². The lowest BCUT2D eigenvalue weighted by atomic mass is 10.1. The zero-order valence-electron chi connectivity index (χ0n) is 20.4. The van der Waals surface area contributed by atoms with Crippen LogP contribution in [-0.4, -0.2) is 79.3 Å². The van der Waals surface area contributed by atoms with E-state index >= 15 is 0 Å². The Labute approximate surface area is 226 Å². The number of sulfonamides is 2. The first-order valence-corrected chi connectivity index (χ1v) is 17.4. The summed E-state index contributed by atoms with van der Waals surface area (Å²) in [6.45, 7) is 1.54. The highest BCUT2D eigenvalue weighted by molar-refractivity contribution is 7.91. The molecule has 1 saturated heterocycles. The molecular formula is C24H26N4O6S4. The lowest BCUT2D eigenvalue weighted by molar-refractivity contribution is 0.324. The SMILES string of the molecule is CS(=O)(=O)c1cccc(S(=O)(=O)N2CCCN(CC3=NS(=O)(=O)c4cc(-c5cccs5)ccc4N3)CC2)c1. The molecule has 1 N–H and O–H groups in total. The van der Waals surface area contributed by atoms with Gasteiger partial charge < -0.3 is 5.32 Å². The van der Waals surface area contributed by atoms with E-state index in [4.69, 9.17) is 0 Å². The zero-order chi connectivity index (χ0) is 27.1. The average Bonchev–Trinajstić information content (AvgIpc) is 3.29. The Morgan fingerprint density at radius 1 is 0.947 bits per heavy atom. The highest BCUT2D eigenvalue weighted by Crippen LogP contribution is 2.34. The van der Waals surface area contributed by atoms with Gasteiger partial charge in [0, 0.05) is 30.8 Å². The second-order valence-corrected chi connectivity index (χ2v) is 15.6. The first kappa shape index (κ1) is 27.0. The molecule has 10 nitrogen and oxygen atoms in total. The molecule has 0 bridgehead atoms. The van der Waals surface area contributed by atoms with Crippen LogP contribution in [-0.2, 0) is 29.9 Å². The summed E-state index contributed by atoms with van der Waals surface area (Å²) >= 11 is 1.52. The van der Waals surface area contributed by atoms with Gasteiger partial charge in [-0.25, -0.2) is 16.8 Å². The van der Waals surface area contributed by atoms with E-state index in [1.54, 1.807) is 12.1 Å². The van der Waals surface area contributed by atoms with Gasteiger partial charge in [-0.1, -0.05) is 18.2 Å². The summed E-state index contributed by atoms with van der Waals surface area (Å²) in [5, 5.41) is 5.05. The number of benzene rings is 2. The highest BCUT2D eigenvalue weighted by Gasteiger charge is 2.30. The normalized spacial score (nSPS) is 18.7. The Kier molecular flexibility index (Phi) is 7.22. The number of anilines is 1. The zero-order valence-corrected chi connectivity index (χ0v) is 23.7. The van der Waals surface area contributed by atoms with Gasteiger partial charge in [0.1, 0.15) is 10.7 Å². The summed E-state index contributed by atoms with van der Waals surface area (Å²) in [6, 6.07) is 14.4. The number of sulfone groups is 1. The third-order valence-electron chi connectivity index (χ3n) is 6.37. The number of nitrogens with one attached hydrogen (secondary N) is 1. The fourth-order valence-electron chi connectivity index (χ4n) is 4.45. The first-order valence-electron chi connectivity index (χ1n) is 11.7. The molecule has 5 rings (SSSR count). The number of rotatable bonds is 6. The van der Waals surface area contributed by atoms with E-state index in [9.17, 15) is 25.3 Å². The molecule has 1 fully saturated rings. The number of thiophene rings is 1. The van der Waals surface area contributed by atoms with Gasteiger partial charge in [-0.3, -0.25) is 4.90 Å². The van der Waals surface area contributed by atoms with E-state index < -0.39 is 29.9 Å². The Bertz CT molecular complexity index is 1720. The van der Waals surface area contributed by atoms with Crippen LogP contribution in [0.15, 0.2) is 79.1 Å². The van der Waals surface area contributed by atoms with Crippen molar-refractivity contribution in [2.24, 2.45) is 4.40 Å². The van der Waals surface area contributed by atoms with E-state index in [1.165, 1.54) is 39.9 Å². The standard InChI is InChI=1S/C24H26N4O6S4/c1-36(29,30)19-5-2-6-20(16-19)38(33,34)28-11-4-10-27(12-13-28)17-24-25-21-9-8-18(22-7-3-14-35-22)15-23(21)37(31,32)26-24/h2-3,5-9,14-16H,4,10-13,17H2,1H3,(H,25,26). The van der Waals surface area contributed by atoms with Gasteiger partial charge in [-0.05, 0) is 60.3 Å². The number of fused-ring (bicyclic) bond motifs is 1. The molecule has 2 aliphatic rings. The number of hydrogen-bond donors (Lipinski definition) is 1. The van der Waals surface area contributed by atoms with Crippen molar-refractivity contribution in [1.82, 2.24) is 9.21 Å². The minimum atomic E-state index is -3.90. The van der Waals surface area contributed by atoms with Crippen molar-refractivity contribution < 1.29 is 25.3 Å². The van der Waals surface area contributed by atoms with Crippen LogP contribution >= 0.6 is 11.3 Å². The van der Waals surface area contributed by atoms with Crippen LogP contribution in [0.25, 0.3) is 10.4 Å². The van der Waals surface area contributed by atoms with Crippen LogP contribution in [0, 0.1) is 0 Å². The summed E-state index contributed by atoms with van der Waals surface area (Å²) in [4.78, 5) is 2.91. The molecule has 0 radical (unpaired) electrons. The monoisotopic (exact) mass is 594 g/mol. The summed E-state index contributed by atoms with van der Waals surface area (Å²) in [7, 11) is -11.4. The minimum Gasteiger partial charge on any atom is -0.341 e. The summed E-state index contributed by atoms with van der Waals surface area (Å²) in [5.74, 6) is 0.276. The van der Waals surface area contributed by atoms with Gasteiger partial charge in [-0.2, -0.15) is 12.7 Å². The summed E-state index contributed by atoms with van der Waals surface area (Å²) in [5.41, 5.74) is 1.26. The molecule has 0 atom stereocenters. The van der Waals surface area contributed by atoms with Crippen LogP contribution in [0.4, 0.5) is 5.69 Å². The molecule has 3 heterocycles. The second-order valence-electron chi connectivity index (χ2n) is 9.11. The van der Waals surface area contributed by atoms with Crippen LogP contribution in [0.3, 0.4) is 0 Å². The molecule has 0 spiro atoms. The molecule has 3 aromatic rings. The van der Waals surface area contributed by atoms with Gasteiger partial charge in [0.05, 0.1) is 22.0 Å². The van der Waals surface area contributed by atoms with Gasteiger partial charge in [-0.15, -0.1) is 15.7 Å². The number of hydrogen-bond acceptors (Lipinski definition) is 9. The molecule has 0 aliphatic carbocycles. The van der Waals surface area contributed by atoms with E-state index in [2.05, 4.69) is 9.71 Å². The average molecular weight is 595 g/mol. The fourth-order valence-corrected chi connectivity index (χ4v) is 8.59. The Balaban J connectivity index is 1.29. The van der Waals surface area contributed by atoms with Crippen molar-refractivity contribution in [3.05, 3.63) is 60.0 Å². The summed E-state index contributed by atoms with van der Waals surface area (Å²) in [6.07, 6.45) is 1.55. The van der Waals surface area contributed by atoms with E-state index in [1.807, 2.05) is 28.5 Å². The lowest BCUT2D eigenvalue weighted by Gasteiger charge is -2.25. The molecule has 1 aromatic heterocycles. The van der Waals surface area contributed by atoms with Gasteiger partial charge >= 0.3 is 0 Å². The van der Waals surface area contributed by atoms with Crippen LogP contribution in [0.5, 0.6) is 0 Å². The molecule has 0 unspecified atom stereocenters. The topological polar surface area (TPSA) is 133 Å². The third kappa shape index (κ3) is 5.55. The van der Waals surface area contributed by atoms with E-state index in [-0.39, 0.29) is 40.2 Å². The molecule has 14 heteroatoms. The minimum absolute atomic E-state index is 0.0552. The first-order chi connectivity index (χ1) is 17.9. The molecule has 202 valence electrons. The quantitative estimate of drug-likeness (QED) is 0.461. The highest BCUT2D eigenvalue weighted by atomic mass is 32.2. The van der Waals surface area contributed by atoms with Crippen molar-refractivity contribution in [2.45, 2.75) is 21.1 Å². The van der Waals surface area contributed by atoms with Gasteiger partial charge in [0.15, 0.2) is 9.84 Å². The fraction of sp³-hybridized carbons (Fsp3) is 0.292. The van der Waals surface area contributed by atoms with E-state index in [0.29, 0.717) is 25.2 Å². The van der Waals surface area contributed by atoms with Crippen LogP contribution in [0.2, 0.25) is 0 Å². The molecule has 0 amide bonds. The Morgan fingerprint density at radius 2 is 1.74 bits per heavy atom. The van der Waals surface area contributed by atoms with Crippen molar-refractivity contribution in [1.29, 1.82) is 0 Å². The Hall–Kier alpha value is -2.62. The van der Waals surface area contributed by atoms with Gasteiger partial charge in [0.2, 0.25) is 10.0 Å². The molecule has 2 aliphatic heterocycles. The van der Waals surface area contributed by atoms with Crippen LogP contribution < -0.4 is 5.32 Å². The molecule has 0 saturated carbocycles. The number of amidine groups is 1. The summed E-state index contributed by atoms with van der Waals surface area (Å²) < 4.78 is 81.6. The second kappa shape index (κ2) is 10.2.